The smallest absolute Gasteiger partial charge is 0.321 e. The average molecular weight is 277 g/mol. The second kappa shape index (κ2) is 6.79. The van der Waals surface area contributed by atoms with Gasteiger partial charge in [-0.1, -0.05) is 12.1 Å². The number of nitrogens with one attached hydrogen (secondary N) is 3. The van der Waals surface area contributed by atoms with Crippen molar-refractivity contribution in [3.8, 4) is 5.75 Å². The number of imide groups is 1. The molecule has 3 N–H and O–H groups in total. The van der Waals surface area contributed by atoms with E-state index in [9.17, 15) is 9.59 Å². The van der Waals surface area contributed by atoms with E-state index >= 15 is 0 Å². The number of para-hydroxylation sites is 2. The third-order valence-corrected chi connectivity index (χ3v) is 2.79. The third-order valence-electron chi connectivity index (χ3n) is 2.79. The number of rotatable bonds is 6. The molecule has 0 bridgehead atoms. The Hall–Kier alpha value is -2.24. The highest BCUT2D eigenvalue weighted by atomic mass is 16.5. The lowest BCUT2D eigenvalue weighted by molar-refractivity contribution is -0.118. The van der Waals surface area contributed by atoms with E-state index in [0.29, 0.717) is 12.4 Å². The van der Waals surface area contributed by atoms with Gasteiger partial charge in [-0.3, -0.25) is 10.1 Å². The molecular formula is C14H19N3O3. The van der Waals surface area contributed by atoms with Crippen molar-refractivity contribution in [2.75, 3.05) is 18.5 Å². The highest BCUT2D eigenvalue weighted by Gasteiger charge is 2.23. The van der Waals surface area contributed by atoms with Crippen LogP contribution in [0.15, 0.2) is 24.3 Å². The predicted octanol–water partition coefficient (Wildman–Crippen LogP) is 1.49. The Labute approximate surface area is 117 Å². The Balaban J connectivity index is 1.78. The summed E-state index contributed by atoms with van der Waals surface area (Å²) in [4.78, 5) is 23.0. The predicted molar refractivity (Wildman–Crippen MR) is 75.8 cm³/mol. The fourth-order valence-electron chi connectivity index (χ4n) is 1.69. The van der Waals surface area contributed by atoms with Crippen molar-refractivity contribution in [2.45, 2.75) is 25.8 Å². The lowest BCUT2D eigenvalue weighted by Gasteiger charge is -2.12. The van der Waals surface area contributed by atoms with Gasteiger partial charge in [-0.25, -0.2) is 4.79 Å². The molecule has 0 heterocycles. The van der Waals surface area contributed by atoms with Gasteiger partial charge in [0.2, 0.25) is 5.91 Å². The molecule has 0 spiro atoms. The van der Waals surface area contributed by atoms with E-state index in [1.165, 1.54) is 0 Å². The van der Waals surface area contributed by atoms with Crippen LogP contribution in [0, 0.1) is 0 Å². The van der Waals surface area contributed by atoms with Gasteiger partial charge in [0, 0.05) is 6.04 Å². The second-order valence-corrected chi connectivity index (χ2v) is 4.58. The molecule has 1 aromatic rings. The van der Waals surface area contributed by atoms with Gasteiger partial charge < -0.3 is 15.4 Å². The number of ether oxygens (including phenoxy) is 1. The van der Waals surface area contributed by atoms with Gasteiger partial charge in [0.25, 0.3) is 0 Å². The number of benzene rings is 1. The van der Waals surface area contributed by atoms with Gasteiger partial charge in [0.15, 0.2) is 0 Å². The first kappa shape index (κ1) is 14.2. The summed E-state index contributed by atoms with van der Waals surface area (Å²) in [5.74, 6) is 0.305. The summed E-state index contributed by atoms with van der Waals surface area (Å²) in [5.41, 5.74) is 0.729. The molecule has 6 nitrogen and oxygen atoms in total. The Morgan fingerprint density at radius 3 is 2.75 bits per heavy atom. The molecule has 0 aliphatic heterocycles. The zero-order valence-corrected chi connectivity index (χ0v) is 11.4. The van der Waals surface area contributed by atoms with Crippen LogP contribution >= 0.6 is 0 Å². The van der Waals surface area contributed by atoms with Crippen molar-refractivity contribution in [1.82, 2.24) is 10.6 Å². The Kier molecular flexibility index (Phi) is 4.81. The first-order chi connectivity index (χ1) is 9.69. The van der Waals surface area contributed by atoms with Crippen LogP contribution < -0.4 is 20.7 Å². The highest BCUT2D eigenvalue weighted by Crippen LogP contribution is 2.23. The normalized spacial score (nSPS) is 13.4. The van der Waals surface area contributed by atoms with Crippen molar-refractivity contribution >= 4 is 17.6 Å². The largest absolute Gasteiger partial charge is 0.492 e. The van der Waals surface area contributed by atoms with Gasteiger partial charge in [0.1, 0.15) is 5.75 Å². The molecule has 1 fully saturated rings. The van der Waals surface area contributed by atoms with Gasteiger partial charge in [-0.05, 0) is 31.9 Å². The summed E-state index contributed by atoms with van der Waals surface area (Å²) in [7, 11) is 0. The molecule has 3 amide bonds. The maximum Gasteiger partial charge on any atom is 0.321 e. The zero-order valence-electron chi connectivity index (χ0n) is 11.4. The quantitative estimate of drug-likeness (QED) is 0.736. The molecule has 108 valence electrons. The number of amides is 3. The van der Waals surface area contributed by atoms with Crippen LogP contribution in [0.2, 0.25) is 0 Å². The van der Waals surface area contributed by atoms with Crippen LogP contribution in [-0.4, -0.2) is 31.1 Å². The molecule has 20 heavy (non-hydrogen) atoms. The van der Waals surface area contributed by atoms with E-state index in [-0.39, 0.29) is 18.5 Å². The number of carbonyl (C=O) groups excluding carboxylic acids is 2. The Morgan fingerprint density at radius 2 is 2.05 bits per heavy atom. The SMILES string of the molecule is CCOc1ccccc1NCC(=O)NC(=O)NC1CC1. The second-order valence-electron chi connectivity index (χ2n) is 4.58. The van der Waals surface area contributed by atoms with Gasteiger partial charge >= 0.3 is 6.03 Å². The maximum absolute atomic E-state index is 11.6. The molecule has 1 aliphatic rings. The molecule has 1 saturated carbocycles. The minimum absolute atomic E-state index is 0.0160. The Morgan fingerprint density at radius 1 is 1.30 bits per heavy atom. The molecule has 0 aromatic heterocycles. The number of hydrogen-bond acceptors (Lipinski definition) is 4. The van der Waals surface area contributed by atoms with Crippen LogP contribution in [0.5, 0.6) is 5.75 Å². The van der Waals surface area contributed by atoms with Crippen molar-refractivity contribution in [3.05, 3.63) is 24.3 Å². The molecule has 0 unspecified atom stereocenters. The fourth-order valence-corrected chi connectivity index (χ4v) is 1.69. The minimum atomic E-state index is -0.433. The number of hydrogen-bond donors (Lipinski definition) is 3. The van der Waals surface area contributed by atoms with E-state index in [0.717, 1.165) is 18.5 Å². The summed E-state index contributed by atoms with van der Waals surface area (Å²) in [6.45, 7) is 2.46. The van der Waals surface area contributed by atoms with Crippen LogP contribution in [0.25, 0.3) is 0 Å². The minimum Gasteiger partial charge on any atom is -0.492 e. The van der Waals surface area contributed by atoms with E-state index in [2.05, 4.69) is 16.0 Å². The summed E-state index contributed by atoms with van der Waals surface area (Å²) in [6.07, 6.45) is 1.98. The van der Waals surface area contributed by atoms with Crippen LogP contribution in [0.1, 0.15) is 19.8 Å². The maximum atomic E-state index is 11.6. The zero-order chi connectivity index (χ0) is 14.4. The van der Waals surface area contributed by atoms with Crippen LogP contribution in [-0.2, 0) is 4.79 Å². The first-order valence-corrected chi connectivity index (χ1v) is 6.75. The number of anilines is 1. The first-order valence-electron chi connectivity index (χ1n) is 6.75. The number of carbonyl (C=O) groups is 2. The van der Waals surface area contributed by atoms with Crippen molar-refractivity contribution in [2.24, 2.45) is 0 Å². The van der Waals surface area contributed by atoms with E-state index < -0.39 is 6.03 Å². The molecule has 6 heteroatoms. The van der Waals surface area contributed by atoms with Gasteiger partial charge in [0.05, 0.1) is 18.8 Å². The molecule has 2 rings (SSSR count). The molecule has 1 aromatic carbocycles. The summed E-state index contributed by atoms with van der Waals surface area (Å²) >= 11 is 0. The van der Waals surface area contributed by atoms with Crippen LogP contribution in [0.3, 0.4) is 0 Å². The lowest BCUT2D eigenvalue weighted by atomic mass is 10.3. The number of urea groups is 1. The van der Waals surface area contributed by atoms with Crippen molar-refractivity contribution in [3.63, 3.8) is 0 Å². The molecule has 1 aliphatic carbocycles. The molecular weight excluding hydrogens is 258 g/mol. The summed E-state index contributed by atoms with van der Waals surface area (Å²) < 4.78 is 5.44. The molecule has 0 saturated heterocycles. The Bertz CT molecular complexity index is 486. The average Bonchev–Trinajstić information content (AvgIpc) is 3.22. The summed E-state index contributed by atoms with van der Waals surface area (Å²) in [5, 5.41) is 7.93. The van der Waals surface area contributed by atoms with Gasteiger partial charge in [-0.2, -0.15) is 0 Å². The van der Waals surface area contributed by atoms with Crippen molar-refractivity contribution in [1.29, 1.82) is 0 Å². The molecule has 0 atom stereocenters. The third kappa shape index (κ3) is 4.46. The van der Waals surface area contributed by atoms with Crippen molar-refractivity contribution < 1.29 is 14.3 Å². The standard InChI is InChI=1S/C14H19N3O3/c1-2-20-12-6-4-3-5-11(12)15-9-13(18)17-14(19)16-10-7-8-10/h3-6,10,15H,2,7-9H2,1H3,(H2,16,17,18,19). The fraction of sp³-hybridized carbons (Fsp3) is 0.429. The van der Waals surface area contributed by atoms with E-state index in [1.54, 1.807) is 0 Å². The topological polar surface area (TPSA) is 79.5 Å². The van der Waals surface area contributed by atoms with Crippen LogP contribution in [0.4, 0.5) is 10.5 Å². The lowest BCUT2D eigenvalue weighted by Crippen LogP contribution is -2.42. The monoisotopic (exact) mass is 277 g/mol. The van der Waals surface area contributed by atoms with E-state index in [1.807, 2.05) is 31.2 Å². The highest BCUT2D eigenvalue weighted by molar-refractivity contribution is 5.96. The van der Waals surface area contributed by atoms with E-state index in [4.69, 9.17) is 4.74 Å². The van der Waals surface area contributed by atoms with Gasteiger partial charge in [-0.15, -0.1) is 0 Å². The summed E-state index contributed by atoms with van der Waals surface area (Å²) in [6, 6.07) is 7.15. The molecule has 0 radical (unpaired) electrons.